The van der Waals surface area contributed by atoms with Gasteiger partial charge in [0, 0.05) is 12.1 Å². The molecule has 8 nitrogen and oxygen atoms in total. The number of carbonyl (C=O) groups excluding carboxylic acids is 1. The molecule has 1 N–H and O–H groups in total. The number of rotatable bonds is 7. The van der Waals surface area contributed by atoms with Gasteiger partial charge in [-0.15, -0.1) is 0 Å². The fraction of sp³-hybridized carbons (Fsp3) is 0.286. The summed E-state index contributed by atoms with van der Waals surface area (Å²) >= 11 is 0. The molecule has 1 aromatic carbocycles. The molecule has 0 saturated heterocycles. The summed E-state index contributed by atoms with van der Waals surface area (Å²) in [7, 11) is 1.26. The van der Waals surface area contributed by atoms with Gasteiger partial charge in [0.25, 0.3) is 18.5 Å². The van der Waals surface area contributed by atoms with Gasteiger partial charge >= 0.3 is 0 Å². The second-order valence-electron chi connectivity index (χ2n) is 4.98. The number of anilines is 1. The first kappa shape index (κ1) is 19.1. The van der Waals surface area contributed by atoms with Crippen LogP contribution in [-0.4, -0.2) is 27.7 Å². The fourth-order valence-electron chi connectivity index (χ4n) is 2.08. The Morgan fingerprint density at radius 3 is 2.50 bits per heavy atom. The maximum Gasteiger partial charge on any atom is 0.282 e. The van der Waals surface area contributed by atoms with Crippen molar-refractivity contribution < 1.29 is 32.0 Å². The normalized spacial score (nSPS) is 11.0. The van der Waals surface area contributed by atoms with E-state index < -0.39 is 41.6 Å². The summed E-state index contributed by atoms with van der Waals surface area (Å²) in [5.41, 5.74) is -2.12. The number of hydrogen-bond acceptors (Lipinski definition) is 5. The van der Waals surface area contributed by atoms with E-state index in [1.807, 2.05) is 0 Å². The van der Waals surface area contributed by atoms with Crippen molar-refractivity contribution in [1.29, 1.82) is 0 Å². The number of ether oxygens (including phenoxy) is 1. The number of non-ortho nitro benzene ring substituents is 1. The molecular weight excluding hydrogens is 364 g/mol. The van der Waals surface area contributed by atoms with E-state index in [4.69, 9.17) is 4.74 Å². The van der Waals surface area contributed by atoms with Crippen molar-refractivity contribution in [3.63, 3.8) is 0 Å². The number of benzene rings is 1. The molecule has 0 aliphatic carbocycles. The minimum Gasteiger partial charge on any atom is -0.496 e. The smallest absolute Gasteiger partial charge is 0.282 e. The standard InChI is InChI=1S/C14H12F4N4O4/c1-26-9-3-7(2-8(4-9)22(24)25)19-12(23)6-21-11(14(17)18)5-10(20-21)13(15)16/h2-5,13-14H,6H2,1H3,(H,19,23). The molecule has 0 fully saturated rings. The number of amides is 1. The van der Waals surface area contributed by atoms with E-state index in [1.54, 1.807) is 0 Å². The summed E-state index contributed by atoms with van der Waals surface area (Å²) in [6, 6.07) is 3.93. The van der Waals surface area contributed by atoms with E-state index in [2.05, 4.69) is 10.4 Å². The number of carbonyl (C=O) groups is 1. The number of nitro groups is 1. The van der Waals surface area contributed by atoms with Gasteiger partial charge in [-0.05, 0) is 6.07 Å². The van der Waals surface area contributed by atoms with Crippen molar-refractivity contribution in [2.45, 2.75) is 19.4 Å². The molecule has 1 amide bonds. The summed E-state index contributed by atoms with van der Waals surface area (Å²) in [6.07, 6.45) is -6.18. The van der Waals surface area contributed by atoms with Crippen LogP contribution in [0.25, 0.3) is 0 Å². The zero-order chi connectivity index (χ0) is 19.4. The molecule has 2 aromatic rings. The van der Waals surface area contributed by atoms with Crippen LogP contribution in [0.5, 0.6) is 5.75 Å². The van der Waals surface area contributed by atoms with Gasteiger partial charge in [0.1, 0.15) is 23.7 Å². The molecule has 0 unspecified atom stereocenters. The van der Waals surface area contributed by atoms with E-state index in [0.29, 0.717) is 10.7 Å². The lowest BCUT2D eigenvalue weighted by molar-refractivity contribution is -0.384. The summed E-state index contributed by atoms with van der Waals surface area (Å²) in [6.45, 7) is -0.780. The molecular formula is C14H12F4N4O4. The number of aromatic nitrogens is 2. The molecule has 0 aliphatic rings. The maximum absolute atomic E-state index is 12.9. The van der Waals surface area contributed by atoms with Crippen molar-refractivity contribution in [3.05, 3.63) is 45.8 Å². The number of hydrogen-bond donors (Lipinski definition) is 1. The van der Waals surface area contributed by atoms with Gasteiger partial charge in [-0.25, -0.2) is 17.6 Å². The Balaban J connectivity index is 2.21. The summed E-state index contributed by atoms with van der Waals surface area (Å²) in [5, 5.41) is 16.4. The monoisotopic (exact) mass is 376 g/mol. The minimum atomic E-state index is -3.11. The average Bonchev–Trinajstić information content (AvgIpc) is 2.98. The lowest BCUT2D eigenvalue weighted by Crippen LogP contribution is -2.21. The van der Waals surface area contributed by atoms with Gasteiger partial charge in [0.2, 0.25) is 5.91 Å². The Morgan fingerprint density at radius 1 is 1.27 bits per heavy atom. The molecule has 26 heavy (non-hydrogen) atoms. The largest absolute Gasteiger partial charge is 0.496 e. The molecule has 0 bridgehead atoms. The van der Waals surface area contributed by atoms with Crippen LogP contribution in [0.1, 0.15) is 24.2 Å². The van der Waals surface area contributed by atoms with Crippen LogP contribution >= 0.6 is 0 Å². The van der Waals surface area contributed by atoms with Gasteiger partial charge < -0.3 is 10.1 Å². The predicted molar refractivity (Wildman–Crippen MR) is 80.4 cm³/mol. The molecule has 12 heteroatoms. The maximum atomic E-state index is 12.9. The number of nitro benzene ring substituents is 1. The van der Waals surface area contributed by atoms with Crippen LogP contribution in [0.4, 0.5) is 28.9 Å². The lowest BCUT2D eigenvalue weighted by atomic mass is 10.2. The lowest BCUT2D eigenvalue weighted by Gasteiger charge is -2.09. The molecule has 1 aromatic heterocycles. The number of methoxy groups -OCH3 is 1. The van der Waals surface area contributed by atoms with Crippen molar-refractivity contribution in [2.75, 3.05) is 12.4 Å². The zero-order valence-electron chi connectivity index (χ0n) is 13.2. The van der Waals surface area contributed by atoms with Gasteiger partial charge in [-0.2, -0.15) is 5.10 Å². The highest BCUT2D eigenvalue weighted by atomic mass is 19.3. The van der Waals surface area contributed by atoms with Crippen LogP contribution < -0.4 is 10.1 Å². The highest BCUT2D eigenvalue weighted by Gasteiger charge is 2.22. The Kier molecular flexibility index (Phi) is 5.75. The van der Waals surface area contributed by atoms with Crippen molar-refractivity contribution in [3.8, 4) is 5.75 Å². The van der Waals surface area contributed by atoms with Gasteiger partial charge in [-0.1, -0.05) is 0 Å². The van der Waals surface area contributed by atoms with Gasteiger partial charge in [-0.3, -0.25) is 19.6 Å². The van der Waals surface area contributed by atoms with E-state index in [9.17, 15) is 32.5 Å². The third kappa shape index (κ3) is 4.46. The first-order chi connectivity index (χ1) is 12.2. The highest BCUT2D eigenvalue weighted by molar-refractivity contribution is 5.91. The van der Waals surface area contributed by atoms with Crippen LogP contribution in [0.15, 0.2) is 24.3 Å². The molecule has 0 radical (unpaired) electrons. The second kappa shape index (κ2) is 7.80. The van der Waals surface area contributed by atoms with Crippen LogP contribution in [0, 0.1) is 10.1 Å². The van der Waals surface area contributed by atoms with Gasteiger partial charge in [0.05, 0.1) is 23.8 Å². The summed E-state index contributed by atoms with van der Waals surface area (Å²) < 4.78 is 56.3. The average molecular weight is 376 g/mol. The Hall–Kier alpha value is -3.18. The Bertz CT molecular complexity index is 825. The van der Waals surface area contributed by atoms with Crippen molar-refractivity contribution in [1.82, 2.24) is 9.78 Å². The van der Waals surface area contributed by atoms with Crippen molar-refractivity contribution >= 4 is 17.3 Å². The van der Waals surface area contributed by atoms with E-state index in [-0.39, 0.29) is 17.1 Å². The summed E-state index contributed by atoms with van der Waals surface area (Å²) in [5.74, 6) is -0.805. The second-order valence-corrected chi connectivity index (χ2v) is 4.98. The topological polar surface area (TPSA) is 99.3 Å². The number of alkyl halides is 4. The number of nitrogens with zero attached hydrogens (tertiary/aromatic N) is 3. The molecule has 0 atom stereocenters. The molecule has 2 rings (SSSR count). The molecule has 0 saturated carbocycles. The Morgan fingerprint density at radius 2 is 1.96 bits per heavy atom. The number of halogens is 4. The third-order valence-electron chi connectivity index (χ3n) is 3.19. The Labute approximate surface area is 143 Å². The summed E-state index contributed by atoms with van der Waals surface area (Å²) in [4.78, 5) is 22.1. The van der Waals surface area contributed by atoms with E-state index in [0.717, 1.165) is 12.1 Å². The van der Waals surface area contributed by atoms with Crippen molar-refractivity contribution in [2.24, 2.45) is 0 Å². The fourth-order valence-corrected chi connectivity index (χ4v) is 2.08. The SMILES string of the molecule is COc1cc(NC(=O)Cn2nc(C(F)F)cc2C(F)F)cc([N+](=O)[O-])c1. The molecule has 140 valence electrons. The first-order valence-corrected chi connectivity index (χ1v) is 6.98. The zero-order valence-corrected chi connectivity index (χ0v) is 13.2. The van der Waals surface area contributed by atoms with E-state index >= 15 is 0 Å². The third-order valence-corrected chi connectivity index (χ3v) is 3.19. The molecule has 1 heterocycles. The highest BCUT2D eigenvalue weighted by Crippen LogP contribution is 2.27. The predicted octanol–water partition coefficient (Wildman–Crippen LogP) is 3.31. The van der Waals surface area contributed by atoms with E-state index in [1.165, 1.54) is 13.2 Å². The molecule has 0 aliphatic heterocycles. The van der Waals surface area contributed by atoms with Crippen LogP contribution in [0.3, 0.4) is 0 Å². The molecule has 0 spiro atoms. The van der Waals surface area contributed by atoms with Crippen LogP contribution in [0.2, 0.25) is 0 Å². The number of nitrogens with one attached hydrogen (secondary N) is 1. The van der Waals surface area contributed by atoms with Gasteiger partial charge in [0.15, 0.2) is 0 Å². The quantitative estimate of drug-likeness (QED) is 0.454. The first-order valence-electron chi connectivity index (χ1n) is 6.98. The minimum absolute atomic E-state index is 0.0270. The van der Waals surface area contributed by atoms with Crippen LogP contribution in [-0.2, 0) is 11.3 Å².